The van der Waals surface area contributed by atoms with E-state index in [9.17, 15) is 5.11 Å². The van der Waals surface area contributed by atoms with Gasteiger partial charge in [-0.25, -0.2) is 0 Å². The molecule has 27 heavy (non-hydrogen) atoms. The third kappa shape index (κ3) is 7.61. The van der Waals surface area contributed by atoms with Crippen LogP contribution in [0.1, 0.15) is 31.4 Å². The van der Waals surface area contributed by atoms with E-state index >= 15 is 0 Å². The van der Waals surface area contributed by atoms with Crippen LogP contribution in [0.25, 0.3) is 0 Å². The summed E-state index contributed by atoms with van der Waals surface area (Å²) in [6.07, 6.45) is 0.570. The van der Waals surface area contributed by atoms with E-state index in [1.165, 1.54) is 11.1 Å². The molecule has 1 atom stereocenters. The summed E-state index contributed by atoms with van der Waals surface area (Å²) in [6, 6.07) is 15.9. The van der Waals surface area contributed by atoms with Gasteiger partial charge in [-0.1, -0.05) is 38.1 Å². The minimum atomic E-state index is -0.539. The molecule has 2 rings (SSSR count). The van der Waals surface area contributed by atoms with Crippen molar-refractivity contribution < 1.29 is 14.6 Å². The lowest BCUT2D eigenvalue weighted by Crippen LogP contribution is -2.36. The van der Waals surface area contributed by atoms with Gasteiger partial charge in [0.05, 0.1) is 7.11 Å². The van der Waals surface area contributed by atoms with Gasteiger partial charge >= 0.3 is 0 Å². The summed E-state index contributed by atoms with van der Waals surface area (Å²) in [5.74, 6) is 2.17. The Bertz CT molecular complexity index is 670. The van der Waals surface area contributed by atoms with E-state index in [1.807, 2.05) is 24.3 Å². The van der Waals surface area contributed by atoms with Crippen molar-refractivity contribution >= 4 is 0 Å². The third-order valence-electron chi connectivity index (χ3n) is 4.65. The lowest BCUT2D eigenvalue weighted by atomic mass is 10.1. The van der Waals surface area contributed by atoms with Gasteiger partial charge in [0.15, 0.2) is 0 Å². The second kappa shape index (κ2) is 11.0. The minimum Gasteiger partial charge on any atom is -0.497 e. The lowest BCUT2D eigenvalue weighted by Gasteiger charge is -2.26. The molecular weight excluding hydrogens is 338 g/mol. The molecule has 0 bridgehead atoms. The molecule has 0 heterocycles. The Balaban J connectivity index is 1.90. The van der Waals surface area contributed by atoms with Crippen molar-refractivity contribution in [2.45, 2.75) is 39.8 Å². The molecule has 2 aromatic carbocycles. The number of hydrogen-bond donors (Lipinski definition) is 1. The Morgan fingerprint density at radius 1 is 1.00 bits per heavy atom. The third-order valence-corrected chi connectivity index (χ3v) is 4.65. The van der Waals surface area contributed by atoms with Crippen LogP contribution in [-0.4, -0.2) is 42.9 Å². The molecule has 0 aliphatic carbocycles. The van der Waals surface area contributed by atoms with Crippen molar-refractivity contribution in [3.8, 4) is 11.5 Å². The first-order chi connectivity index (χ1) is 13.0. The Hall–Kier alpha value is -2.04. The SMILES string of the molecule is COc1ccc(OCC(O)CN(CCC(C)C)Cc2ccccc2C)cc1. The highest BCUT2D eigenvalue weighted by molar-refractivity contribution is 5.31. The van der Waals surface area contributed by atoms with Crippen LogP contribution < -0.4 is 9.47 Å². The smallest absolute Gasteiger partial charge is 0.119 e. The highest BCUT2D eigenvalue weighted by atomic mass is 16.5. The largest absolute Gasteiger partial charge is 0.497 e. The standard InChI is InChI=1S/C23H33NO3/c1-18(2)13-14-24(15-20-8-6-5-7-19(20)3)16-21(25)17-27-23-11-9-22(26-4)10-12-23/h5-12,18,21,25H,13-17H2,1-4H3. The van der Waals surface area contributed by atoms with Crippen LogP contribution in [0, 0.1) is 12.8 Å². The Morgan fingerprint density at radius 2 is 1.67 bits per heavy atom. The second-order valence-electron chi connectivity index (χ2n) is 7.48. The van der Waals surface area contributed by atoms with Crippen LogP contribution in [0.5, 0.6) is 11.5 Å². The van der Waals surface area contributed by atoms with E-state index in [-0.39, 0.29) is 6.61 Å². The van der Waals surface area contributed by atoms with E-state index in [2.05, 4.69) is 49.9 Å². The van der Waals surface area contributed by atoms with Gasteiger partial charge in [0.1, 0.15) is 24.2 Å². The topological polar surface area (TPSA) is 41.9 Å². The van der Waals surface area contributed by atoms with Crippen molar-refractivity contribution in [2.75, 3.05) is 26.8 Å². The molecule has 0 aliphatic heterocycles. The quantitative estimate of drug-likeness (QED) is 0.640. The molecule has 148 valence electrons. The number of rotatable bonds is 11. The summed E-state index contributed by atoms with van der Waals surface area (Å²) in [5, 5.41) is 10.5. The van der Waals surface area contributed by atoms with Crippen molar-refractivity contribution in [3.05, 3.63) is 59.7 Å². The van der Waals surface area contributed by atoms with Crippen molar-refractivity contribution in [2.24, 2.45) is 5.92 Å². The number of nitrogens with zero attached hydrogens (tertiary/aromatic N) is 1. The van der Waals surface area contributed by atoms with Crippen molar-refractivity contribution in [1.29, 1.82) is 0 Å². The van der Waals surface area contributed by atoms with Gasteiger partial charge < -0.3 is 14.6 Å². The molecule has 0 radical (unpaired) electrons. The monoisotopic (exact) mass is 371 g/mol. The minimum absolute atomic E-state index is 0.276. The summed E-state index contributed by atoms with van der Waals surface area (Å²) < 4.78 is 10.9. The maximum absolute atomic E-state index is 10.5. The molecule has 0 aliphatic rings. The molecular formula is C23H33NO3. The molecule has 0 spiro atoms. The van der Waals surface area contributed by atoms with Crippen LogP contribution >= 0.6 is 0 Å². The average Bonchev–Trinajstić information content (AvgIpc) is 2.66. The molecule has 1 unspecified atom stereocenters. The molecule has 1 N–H and O–H groups in total. The first-order valence-electron chi connectivity index (χ1n) is 9.69. The zero-order valence-corrected chi connectivity index (χ0v) is 17.0. The summed E-state index contributed by atoms with van der Waals surface area (Å²) in [6.45, 7) is 9.28. The van der Waals surface area contributed by atoms with E-state index < -0.39 is 6.10 Å². The molecule has 0 saturated heterocycles. The van der Waals surface area contributed by atoms with Crippen molar-refractivity contribution in [3.63, 3.8) is 0 Å². The first kappa shape index (κ1) is 21.3. The average molecular weight is 372 g/mol. The van der Waals surface area contributed by atoms with E-state index in [4.69, 9.17) is 9.47 Å². The predicted molar refractivity (Wildman–Crippen MR) is 110 cm³/mol. The zero-order valence-electron chi connectivity index (χ0n) is 17.0. The Kier molecular flexibility index (Phi) is 8.62. The number of hydrogen-bond acceptors (Lipinski definition) is 4. The highest BCUT2D eigenvalue weighted by Crippen LogP contribution is 2.17. The number of ether oxygens (including phenoxy) is 2. The van der Waals surface area contributed by atoms with Gasteiger partial charge in [0, 0.05) is 13.1 Å². The summed E-state index contributed by atoms with van der Waals surface area (Å²) in [7, 11) is 1.64. The number of aryl methyl sites for hydroxylation is 1. The van der Waals surface area contributed by atoms with Gasteiger partial charge in [-0.15, -0.1) is 0 Å². The molecule has 0 fully saturated rings. The molecule has 0 aromatic heterocycles. The van der Waals surface area contributed by atoms with Gasteiger partial charge in [-0.3, -0.25) is 4.90 Å². The number of benzene rings is 2. The number of aliphatic hydroxyl groups is 1. The molecule has 2 aromatic rings. The van der Waals surface area contributed by atoms with Gasteiger partial charge in [-0.2, -0.15) is 0 Å². The van der Waals surface area contributed by atoms with Crippen LogP contribution in [0.2, 0.25) is 0 Å². The van der Waals surface area contributed by atoms with Gasteiger partial charge in [0.2, 0.25) is 0 Å². The van der Waals surface area contributed by atoms with Crippen molar-refractivity contribution in [1.82, 2.24) is 4.90 Å². The predicted octanol–water partition coefficient (Wildman–Crippen LogP) is 4.29. The van der Waals surface area contributed by atoms with Crippen LogP contribution in [0.15, 0.2) is 48.5 Å². The maximum atomic E-state index is 10.5. The molecule has 0 saturated carbocycles. The fraction of sp³-hybridized carbons (Fsp3) is 0.478. The molecule has 4 nitrogen and oxygen atoms in total. The molecule has 4 heteroatoms. The van der Waals surface area contributed by atoms with Crippen LogP contribution in [0.4, 0.5) is 0 Å². The van der Waals surface area contributed by atoms with E-state index in [0.717, 1.165) is 31.0 Å². The normalized spacial score (nSPS) is 12.4. The number of aliphatic hydroxyl groups excluding tert-OH is 1. The zero-order chi connectivity index (χ0) is 19.6. The lowest BCUT2D eigenvalue weighted by molar-refractivity contribution is 0.0638. The summed E-state index contributed by atoms with van der Waals surface area (Å²) in [4.78, 5) is 2.32. The molecule has 0 amide bonds. The maximum Gasteiger partial charge on any atom is 0.119 e. The highest BCUT2D eigenvalue weighted by Gasteiger charge is 2.14. The van der Waals surface area contributed by atoms with E-state index in [0.29, 0.717) is 12.5 Å². The van der Waals surface area contributed by atoms with Gasteiger partial charge in [0.25, 0.3) is 0 Å². The first-order valence-corrected chi connectivity index (χ1v) is 9.69. The van der Waals surface area contributed by atoms with E-state index in [1.54, 1.807) is 7.11 Å². The Morgan fingerprint density at radius 3 is 2.30 bits per heavy atom. The summed E-state index contributed by atoms with van der Waals surface area (Å²) >= 11 is 0. The number of methoxy groups -OCH3 is 1. The van der Waals surface area contributed by atoms with Crippen LogP contribution in [0.3, 0.4) is 0 Å². The fourth-order valence-corrected chi connectivity index (χ4v) is 2.92. The van der Waals surface area contributed by atoms with Crippen LogP contribution in [-0.2, 0) is 6.54 Å². The second-order valence-corrected chi connectivity index (χ2v) is 7.48. The Labute approximate surface area is 163 Å². The fourth-order valence-electron chi connectivity index (χ4n) is 2.92. The summed E-state index contributed by atoms with van der Waals surface area (Å²) in [5.41, 5.74) is 2.60. The van der Waals surface area contributed by atoms with Gasteiger partial charge in [-0.05, 0) is 61.2 Å².